The monoisotopic (exact) mass is 221 g/mol. The first-order valence-electron chi connectivity index (χ1n) is 4.41. The van der Waals surface area contributed by atoms with Crippen LogP contribution in [0.5, 0.6) is 0 Å². The SMILES string of the molecule is Cc1cc(C)cc(-c2csc(=S)[nH]2)c1. The van der Waals surface area contributed by atoms with Crippen molar-refractivity contribution in [1.29, 1.82) is 0 Å². The number of aromatic amines is 1. The molecular weight excluding hydrogens is 210 g/mol. The number of benzene rings is 1. The quantitative estimate of drug-likeness (QED) is 0.717. The third-order valence-electron chi connectivity index (χ3n) is 2.05. The van der Waals surface area contributed by atoms with Gasteiger partial charge < -0.3 is 4.98 Å². The average molecular weight is 221 g/mol. The van der Waals surface area contributed by atoms with Gasteiger partial charge in [0.2, 0.25) is 0 Å². The van der Waals surface area contributed by atoms with Crippen LogP contribution in [0, 0.1) is 17.8 Å². The summed E-state index contributed by atoms with van der Waals surface area (Å²) < 4.78 is 0.833. The zero-order valence-corrected chi connectivity index (χ0v) is 9.76. The second-order valence-corrected chi connectivity index (χ2v) is 4.98. The molecule has 1 aromatic heterocycles. The highest BCUT2D eigenvalue weighted by atomic mass is 32.1. The molecule has 0 spiro atoms. The van der Waals surface area contributed by atoms with E-state index in [1.54, 1.807) is 11.3 Å². The van der Waals surface area contributed by atoms with Gasteiger partial charge in [-0.3, -0.25) is 0 Å². The van der Waals surface area contributed by atoms with Crippen LogP contribution in [-0.4, -0.2) is 4.98 Å². The van der Waals surface area contributed by atoms with E-state index in [1.165, 1.54) is 16.7 Å². The second kappa shape index (κ2) is 3.67. The summed E-state index contributed by atoms with van der Waals surface area (Å²) in [4.78, 5) is 3.18. The van der Waals surface area contributed by atoms with E-state index in [9.17, 15) is 0 Å². The lowest BCUT2D eigenvalue weighted by atomic mass is 10.1. The molecule has 14 heavy (non-hydrogen) atoms. The lowest BCUT2D eigenvalue weighted by molar-refractivity contribution is 1.34. The molecule has 1 nitrogen and oxygen atoms in total. The summed E-state index contributed by atoms with van der Waals surface area (Å²) in [6.07, 6.45) is 0. The highest BCUT2D eigenvalue weighted by molar-refractivity contribution is 7.73. The van der Waals surface area contributed by atoms with Crippen molar-refractivity contribution in [3.8, 4) is 11.3 Å². The number of aromatic nitrogens is 1. The van der Waals surface area contributed by atoms with Gasteiger partial charge >= 0.3 is 0 Å². The molecule has 0 atom stereocenters. The molecule has 0 aliphatic rings. The third kappa shape index (κ3) is 1.94. The maximum absolute atomic E-state index is 5.06. The van der Waals surface area contributed by atoms with Crippen LogP contribution in [0.1, 0.15) is 11.1 Å². The smallest absolute Gasteiger partial charge is 0.158 e. The minimum Gasteiger partial charge on any atom is -0.337 e. The molecule has 0 aliphatic heterocycles. The summed E-state index contributed by atoms with van der Waals surface area (Å²) in [5.41, 5.74) is 4.90. The maximum atomic E-state index is 5.06. The molecule has 0 unspecified atom stereocenters. The Bertz CT molecular complexity index is 488. The van der Waals surface area contributed by atoms with Crippen LogP contribution in [0.25, 0.3) is 11.3 Å². The van der Waals surface area contributed by atoms with E-state index in [-0.39, 0.29) is 0 Å². The van der Waals surface area contributed by atoms with Gasteiger partial charge in [-0.15, -0.1) is 11.3 Å². The zero-order chi connectivity index (χ0) is 10.1. The van der Waals surface area contributed by atoms with Gasteiger partial charge in [-0.25, -0.2) is 0 Å². The largest absolute Gasteiger partial charge is 0.337 e. The first kappa shape index (κ1) is 9.62. The Morgan fingerprint density at radius 2 is 1.79 bits per heavy atom. The van der Waals surface area contributed by atoms with E-state index in [2.05, 4.69) is 42.4 Å². The molecular formula is C11H11NS2. The van der Waals surface area contributed by atoms with Gasteiger partial charge in [0.05, 0.1) is 5.69 Å². The molecule has 1 N–H and O–H groups in total. The molecule has 0 radical (unpaired) electrons. The van der Waals surface area contributed by atoms with Crippen molar-refractivity contribution >= 4 is 23.6 Å². The van der Waals surface area contributed by atoms with E-state index in [0.717, 1.165) is 9.65 Å². The Hall–Kier alpha value is -0.930. The summed E-state index contributed by atoms with van der Waals surface area (Å²) in [6.45, 7) is 4.22. The van der Waals surface area contributed by atoms with Crippen molar-refractivity contribution < 1.29 is 0 Å². The molecule has 2 rings (SSSR count). The number of rotatable bonds is 1. The van der Waals surface area contributed by atoms with Crippen LogP contribution in [-0.2, 0) is 0 Å². The Kier molecular flexibility index (Phi) is 2.52. The third-order valence-corrected chi connectivity index (χ3v) is 3.11. The molecule has 3 heteroatoms. The molecule has 0 saturated carbocycles. The van der Waals surface area contributed by atoms with Crippen LogP contribution in [0.3, 0.4) is 0 Å². The van der Waals surface area contributed by atoms with E-state index < -0.39 is 0 Å². The predicted octanol–water partition coefficient (Wildman–Crippen LogP) is 4.09. The first-order chi connectivity index (χ1) is 6.65. The Morgan fingerprint density at radius 1 is 1.14 bits per heavy atom. The summed E-state index contributed by atoms with van der Waals surface area (Å²) in [5, 5.41) is 2.07. The molecule has 2 aromatic rings. The number of hydrogen-bond acceptors (Lipinski definition) is 2. The summed E-state index contributed by atoms with van der Waals surface area (Å²) in [7, 11) is 0. The first-order valence-corrected chi connectivity index (χ1v) is 5.70. The van der Waals surface area contributed by atoms with E-state index in [4.69, 9.17) is 12.2 Å². The summed E-state index contributed by atoms with van der Waals surface area (Å²) in [6, 6.07) is 6.51. The van der Waals surface area contributed by atoms with Crippen molar-refractivity contribution in [3.05, 3.63) is 38.7 Å². The van der Waals surface area contributed by atoms with Gasteiger partial charge in [-0.05, 0) is 43.8 Å². The fourth-order valence-corrected chi connectivity index (χ4v) is 2.39. The number of hydrogen-bond donors (Lipinski definition) is 1. The number of nitrogens with one attached hydrogen (secondary N) is 1. The number of thiazole rings is 1. The van der Waals surface area contributed by atoms with Crippen LogP contribution < -0.4 is 0 Å². The van der Waals surface area contributed by atoms with Crippen molar-refractivity contribution in [1.82, 2.24) is 4.98 Å². The normalized spacial score (nSPS) is 10.4. The summed E-state index contributed by atoms with van der Waals surface area (Å²) >= 11 is 6.63. The van der Waals surface area contributed by atoms with E-state index in [0.29, 0.717) is 0 Å². The fraction of sp³-hybridized carbons (Fsp3) is 0.182. The molecule has 72 valence electrons. The molecule has 0 aliphatic carbocycles. The van der Waals surface area contributed by atoms with Crippen LogP contribution in [0.4, 0.5) is 0 Å². The van der Waals surface area contributed by atoms with Gasteiger partial charge in [0, 0.05) is 5.38 Å². The molecule has 0 amide bonds. The lowest BCUT2D eigenvalue weighted by Crippen LogP contribution is -1.82. The Balaban J connectivity index is 2.56. The second-order valence-electron chi connectivity index (χ2n) is 3.44. The maximum Gasteiger partial charge on any atom is 0.158 e. The highest BCUT2D eigenvalue weighted by Crippen LogP contribution is 2.22. The Morgan fingerprint density at radius 3 is 2.29 bits per heavy atom. The predicted molar refractivity (Wildman–Crippen MR) is 64.4 cm³/mol. The standard InChI is InChI=1S/C11H11NS2/c1-7-3-8(2)5-9(4-7)10-6-14-11(13)12-10/h3-6H,1-2H3,(H,12,13). The minimum absolute atomic E-state index is 0.833. The van der Waals surface area contributed by atoms with Crippen LogP contribution in [0.15, 0.2) is 23.6 Å². The minimum atomic E-state index is 0.833. The fourth-order valence-electron chi connectivity index (χ4n) is 1.55. The highest BCUT2D eigenvalue weighted by Gasteiger charge is 2.00. The van der Waals surface area contributed by atoms with Gasteiger partial charge in [-0.2, -0.15) is 0 Å². The summed E-state index contributed by atoms with van der Waals surface area (Å²) in [5.74, 6) is 0. The van der Waals surface area contributed by atoms with E-state index in [1.807, 2.05) is 0 Å². The number of aryl methyl sites for hydroxylation is 2. The number of H-pyrrole nitrogens is 1. The van der Waals surface area contributed by atoms with Crippen molar-refractivity contribution in [2.75, 3.05) is 0 Å². The molecule has 0 bridgehead atoms. The molecule has 0 fully saturated rings. The molecule has 0 saturated heterocycles. The molecule has 1 aromatic carbocycles. The van der Waals surface area contributed by atoms with Crippen LogP contribution in [0.2, 0.25) is 0 Å². The van der Waals surface area contributed by atoms with Gasteiger partial charge in [0.25, 0.3) is 0 Å². The Labute approximate surface area is 92.4 Å². The molecule has 1 heterocycles. The van der Waals surface area contributed by atoms with Crippen molar-refractivity contribution in [2.24, 2.45) is 0 Å². The van der Waals surface area contributed by atoms with Crippen LogP contribution >= 0.6 is 23.6 Å². The lowest BCUT2D eigenvalue weighted by Gasteiger charge is -2.01. The van der Waals surface area contributed by atoms with Gasteiger partial charge in [0.1, 0.15) is 0 Å². The van der Waals surface area contributed by atoms with Crippen molar-refractivity contribution in [3.63, 3.8) is 0 Å². The van der Waals surface area contributed by atoms with Gasteiger partial charge in [-0.1, -0.05) is 17.2 Å². The van der Waals surface area contributed by atoms with Gasteiger partial charge in [0.15, 0.2) is 3.95 Å². The average Bonchev–Trinajstić information content (AvgIpc) is 2.50. The van der Waals surface area contributed by atoms with E-state index >= 15 is 0 Å². The zero-order valence-electron chi connectivity index (χ0n) is 8.13. The van der Waals surface area contributed by atoms with Crippen molar-refractivity contribution in [2.45, 2.75) is 13.8 Å². The topological polar surface area (TPSA) is 15.8 Å².